The third-order valence-electron chi connectivity index (χ3n) is 7.70. The van der Waals surface area contributed by atoms with Gasteiger partial charge in [-0.2, -0.15) is 0 Å². The summed E-state index contributed by atoms with van der Waals surface area (Å²) < 4.78 is 13.8. The highest BCUT2D eigenvalue weighted by Gasteiger charge is 2.29. The molecule has 1 atom stereocenters. The Bertz CT molecular complexity index is 1390. The Morgan fingerprint density at radius 2 is 1.55 bits per heavy atom. The van der Waals surface area contributed by atoms with E-state index in [0.29, 0.717) is 25.0 Å². The second-order valence-electron chi connectivity index (χ2n) is 11.6. The van der Waals surface area contributed by atoms with E-state index >= 15 is 0 Å². The topological polar surface area (TPSA) is 86.6 Å². The van der Waals surface area contributed by atoms with Crippen LogP contribution in [0.4, 0.5) is 0 Å². The number of carbonyl (C=O) groups is 3. The fourth-order valence-corrected chi connectivity index (χ4v) is 5.50. The summed E-state index contributed by atoms with van der Waals surface area (Å²) in [4.78, 5) is 37.1. The van der Waals surface area contributed by atoms with Crippen LogP contribution in [-0.4, -0.2) is 34.6 Å². The van der Waals surface area contributed by atoms with Crippen molar-refractivity contribution in [2.24, 2.45) is 0 Å². The highest BCUT2D eigenvalue weighted by Crippen LogP contribution is 2.35. The van der Waals surface area contributed by atoms with E-state index in [0.717, 1.165) is 61.0 Å². The summed E-state index contributed by atoms with van der Waals surface area (Å²) >= 11 is 0. The van der Waals surface area contributed by atoms with Gasteiger partial charge in [0.2, 0.25) is 5.91 Å². The fraction of sp³-hybridized carbons (Fsp3) is 0.432. The number of rotatable bonds is 17. The lowest BCUT2D eigenvalue weighted by atomic mass is 9.92. The van der Waals surface area contributed by atoms with Crippen LogP contribution in [-0.2, 0) is 43.2 Å². The summed E-state index contributed by atoms with van der Waals surface area (Å²) in [6.45, 7) is 9.70. The van der Waals surface area contributed by atoms with Crippen LogP contribution >= 0.6 is 0 Å². The molecule has 7 heteroatoms. The number of hydrogen-bond donors (Lipinski definition) is 1. The Hall–Kier alpha value is -4.13. The molecule has 1 aromatic heterocycles. The van der Waals surface area contributed by atoms with Gasteiger partial charge in [-0.25, -0.2) is 0 Å². The summed E-state index contributed by atoms with van der Waals surface area (Å²) in [7, 11) is 0. The maximum Gasteiger partial charge on any atom is 0.311 e. The van der Waals surface area contributed by atoms with Gasteiger partial charge >= 0.3 is 11.9 Å². The van der Waals surface area contributed by atoms with Gasteiger partial charge in [-0.05, 0) is 69.6 Å². The van der Waals surface area contributed by atoms with Gasteiger partial charge < -0.3 is 19.4 Å². The lowest BCUT2D eigenvalue weighted by Gasteiger charge is -2.30. The van der Waals surface area contributed by atoms with Crippen LogP contribution in [0, 0.1) is 0 Å². The zero-order chi connectivity index (χ0) is 32.0. The molecule has 0 aliphatic rings. The van der Waals surface area contributed by atoms with Crippen LogP contribution in [0.25, 0.3) is 11.3 Å². The monoisotopic (exact) mass is 600 g/mol. The number of ether oxygens (including phenoxy) is 2. The van der Waals surface area contributed by atoms with Gasteiger partial charge in [0.05, 0.1) is 5.54 Å². The Morgan fingerprint density at radius 1 is 0.864 bits per heavy atom. The van der Waals surface area contributed by atoms with E-state index in [1.54, 1.807) is 0 Å². The number of benzene rings is 2. The van der Waals surface area contributed by atoms with Crippen LogP contribution in [0.5, 0.6) is 0 Å². The lowest BCUT2D eigenvalue weighted by molar-refractivity contribution is -0.144. The molecular weight excluding hydrogens is 552 g/mol. The van der Waals surface area contributed by atoms with E-state index in [1.807, 2.05) is 55.6 Å². The van der Waals surface area contributed by atoms with Gasteiger partial charge in [0.15, 0.2) is 0 Å². The molecule has 0 radical (unpaired) electrons. The van der Waals surface area contributed by atoms with Crippen molar-refractivity contribution in [3.63, 3.8) is 0 Å². The molecule has 0 aliphatic carbocycles. The minimum absolute atomic E-state index is 0.0653. The number of nitrogens with zero attached hydrogens (tertiary/aromatic N) is 1. The number of aromatic nitrogens is 1. The Morgan fingerprint density at radius 3 is 2.16 bits per heavy atom. The van der Waals surface area contributed by atoms with Crippen molar-refractivity contribution in [1.82, 2.24) is 9.88 Å². The molecule has 0 saturated heterocycles. The third kappa shape index (κ3) is 10.5. The summed E-state index contributed by atoms with van der Waals surface area (Å²) in [6, 6.07) is 22.4. The molecule has 1 N–H and O–H groups in total. The van der Waals surface area contributed by atoms with Gasteiger partial charge in [0.25, 0.3) is 0 Å². The second-order valence-corrected chi connectivity index (χ2v) is 11.6. The lowest BCUT2D eigenvalue weighted by Crippen LogP contribution is -2.49. The van der Waals surface area contributed by atoms with Crippen molar-refractivity contribution < 1.29 is 23.9 Å². The maximum absolute atomic E-state index is 13.4. The predicted octanol–water partition coefficient (Wildman–Crippen LogP) is 7.52. The average Bonchev–Trinajstić information content (AvgIpc) is 3.42. The van der Waals surface area contributed by atoms with Crippen molar-refractivity contribution in [2.45, 2.75) is 98.1 Å². The first-order valence-corrected chi connectivity index (χ1v) is 15.8. The maximum atomic E-state index is 13.4. The van der Waals surface area contributed by atoms with Crippen LogP contribution in [0.2, 0.25) is 0 Å². The number of allylic oxidation sites excluding steroid dienone is 1. The molecule has 2 aromatic carbocycles. The first-order chi connectivity index (χ1) is 21.2. The first-order valence-electron chi connectivity index (χ1n) is 15.8. The molecule has 0 spiro atoms. The number of carbonyl (C=O) groups excluding carboxylic acids is 3. The highest BCUT2D eigenvalue weighted by atomic mass is 16.5. The fourth-order valence-electron chi connectivity index (χ4n) is 5.50. The second kappa shape index (κ2) is 17.2. The zero-order valence-electron chi connectivity index (χ0n) is 27.0. The minimum atomic E-state index is -0.761. The van der Waals surface area contributed by atoms with Gasteiger partial charge in [-0.3, -0.25) is 14.4 Å². The van der Waals surface area contributed by atoms with Crippen LogP contribution in [0.1, 0.15) is 95.5 Å². The number of aryl methyl sites for hydroxylation is 2. The number of unbranched alkanes of at least 4 members (excludes halogenated alkanes) is 1. The van der Waals surface area contributed by atoms with E-state index in [2.05, 4.69) is 48.0 Å². The van der Waals surface area contributed by atoms with Crippen LogP contribution in [0.3, 0.4) is 0 Å². The highest BCUT2D eigenvalue weighted by molar-refractivity contribution is 5.92. The van der Waals surface area contributed by atoms with E-state index in [4.69, 9.17) is 9.47 Å². The molecule has 0 aliphatic heterocycles. The summed E-state index contributed by atoms with van der Waals surface area (Å²) in [5.74, 6) is -0.241. The summed E-state index contributed by atoms with van der Waals surface area (Å²) in [5.41, 5.74) is 4.39. The van der Waals surface area contributed by atoms with Gasteiger partial charge in [-0.1, -0.05) is 74.0 Å². The molecular formula is C37H48N2O5. The van der Waals surface area contributed by atoms with E-state index in [9.17, 15) is 14.4 Å². The Labute approximate surface area is 262 Å². The number of amides is 1. The van der Waals surface area contributed by atoms with Crippen molar-refractivity contribution >= 4 is 29.2 Å². The van der Waals surface area contributed by atoms with Gasteiger partial charge in [0.1, 0.15) is 12.4 Å². The molecule has 1 heterocycles. The first kappa shape index (κ1) is 34.4. The van der Waals surface area contributed by atoms with E-state index in [-0.39, 0.29) is 18.5 Å². The van der Waals surface area contributed by atoms with Crippen molar-refractivity contribution in [1.29, 1.82) is 0 Å². The molecule has 7 nitrogen and oxygen atoms in total. The number of hydrogen-bond acceptors (Lipinski definition) is 5. The standard InChI is InChI=1S/C37H48N2O5/c1-6-16-32(31-20-12-9-13-21-31)36(44-35(42)22-15-14-19-30-17-10-8-11-18-30)33-24-26-39(7-2)34(33)23-25-37(5,38-28(3)40)27-43-29(4)41/h8-13,17-18,20-21,24,26H,6-7,14-16,19,22-23,25,27H2,1-5H3,(H,38,40)/t37-/m1/s1. The Kier molecular flexibility index (Phi) is 13.5. The van der Waals surface area contributed by atoms with Crippen molar-refractivity contribution in [3.05, 3.63) is 95.3 Å². The zero-order valence-corrected chi connectivity index (χ0v) is 27.0. The third-order valence-corrected chi connectivity index (χ3v) is 7.70. The molecule has 3 aromatic rings. The van der Waals surface area contributed by atoms with Gasteiger partial charge in [-0.15, -0.1) is 0 Å². The summed E-state index contributed by atoms with van der Waals surface area (Å²) in [6.07, 6.45) is 7.64. The normalized spacial score (nSPS) is 13.0. The van der Waals surface area contributed by atoms with E-state index < -0.39 is 11.5 Å². The molecule has 236 valence electrons. The average molecular weight is 601 g/mol. The number of esters is 2. The van der Waals surface area contributed by atoms with E-state index in [1.165, 1.54) is 19.4 Å². The van der Waals surface area contributed by atoms with Crippen molar-refractivity contribution in [2.75, 3.05) is 6.61 Å². The SMILES string of the molecule is CCCC(=C(OC(=O)CCCCc1ccccc1)c1ccn(CC)c1CC[C@](C)(COC(C)=O)NC(C)=O)c1ccccc1. The van der Waals surface area contributed by atoms with Crippen LogP contribution < -0.4 is 5.32 Å². The quantitative estimate of drug-likeness (QED) is 0.0984. The minimum Gasteiger partial charge on any atom is -0.463 e. The van der Waals surface area contributed by atoms with Crippen LogP contribution in [0.15, 0.2) is 72.9 Å². The Balaban J connectivity index is 1.94. The molecule has 1 amide bonds. The smallest absolute Gasteiger partial charge is 0.311 e. The van der Waals surface area contributed by atoms with Gasteiger partial charge in [0, 0.05) is 49.8 Å². The molecule has 0 saturated carbocycles. The predicted molar refractivity (Wildman–Crippen MR) is 176 cm³/mol. The molecule has 3 rings (SSSR count). The molecule has 0 fully saturated rings. The molecule has 0 unspecified atom stereocenters. The summed E-state index contributed by atoms with van der Waals surface area (Å²) in [5, 5.41) is 2.98. The van der Waals surface area contributed by atoms with Crippen molar-refractivity contribution in [3.8, 4) is 0 Å². The molecule has 0 bridgehead atoms. The number of nitrogens with one attached hydrogen (secondary N) is 1. The molecule has 44 heavy (non-hydrogen) atoms. The largest absolute Gasteiger partial charge is 0.463 e.